The SMILES string of the molecule is O=C1CC(=O)C2(CCN(c3ccc([N+](=O)[O-])cc3)CC2)N1. The molecule has 2 fully saturated rings. The van der Waals surface area contributed by atoms with E-state index in [9.17, 15) is 19.7 Å². The second-order valence-corrected chi connectivity index (χ2v) is 5.49. The summed E-state index contributed by atoms with van der Waals surface area (Å²) in [6.07, 6.45) is 1.14. The fourth-order valence-corrected chi connectivity index (χ4v) is 3.03. The summed E-state index contributed by atoms with van der Waals surface area (Å²) >= 11 is 0. The lowest BCUT2D eigenvalue weighted by Gasteiger charge is -2.39. The third kappa shape index (κ3) is 2.35. The molecule has 0 radical (unpaired) electrons. The van der Waals surface area contributed by atoms with Gasteiger partial charge in [0.25, 0.3) is 5.69 Å². The van der Waals surface area contributed by atoms with Gasteiger partial charge < -0.3 is 10.2 Å². The quantitative estimate of drug-likeness (QED) is 0.498. The van der Waals surface area contributed by atoms with Crippen LogP contribution in [0.1, 0.15) is 19.3 Å². The number of nitro benzene ring substituents is 1. The summed E-state index contributed by atoms with van der Waals surface area (Å²) in [5.74, 6) is -0.209. The highest BCUT2D eigenvalue weighted by molar-refractivity contribution is 6.10. The van der Waals surface area contributed by atoms with Gasteiger partial charge in [0.1, 0.15) is 5.54 Å². The maximum absolute atomic E-state index is 11.9. The fraction of sp³-hybridized carbons (Fsp3) is 0.429. The van der Waals surface area contributed by atoms with Crippen molar-refractivity contribution in [2.24, 2.45) is 0 Å². The van der Waals surface area contributed by atoms with Crippen molar-refractivity contribution in [1.29, 1.82) is 0 Å². The van der Waals surface area contributed by atoms with Crippen LogP contribution >= 0.6 is 0 Å². The zero-order valence-electron chi connectivity index (χ0n) is 11.4. The van der Waals surface area contributed by atoms with Crippen LogP contribution in [0, 0.1) is 10.1 Å². The number of amides is 1. The van der Waals surface area contributed by atoms with Crippen LogP contribution in [0.3, 0.4) is 0 Å². The van der Waals surface area contributed by atoms with Crippen molar-refractivity contribution in [1.82, 2.24) is 5.32 Å². The van der Waals surface area contributed by atoms with E-state index in [-0.39, 0.29) is 23.8 Å². The standard InChI is InChI=1S/C14H15N3O4/c18-12-9-13(19)15-14(12)5-7-16(8-6-14)10-1-3-11(4-2-10)17(20)21/h1-4H,5-9H2,(H,15,19). The van der Waals surface area contributed by atoms with Crippen LogP contribution in [-0.4, -0.2) is 35.2 Å². The number of benzene rings is 1. The summed E-state index contributed by atoms with van der Waals surface area (Å²) in [5, 5.41) is 13.5. The van der Waals surface area contributed by atoms with E-state index in [1.807, 2.05) is 0 Å². The highest BCUT2D eigenvalue weighted by atomic mass is 16.6. The van der Waals surface area contributed by atoms with Crippen molar-refractivity contribution in [3.05, 3.63) is 34.4 Å². The summed E-state index contributed by atoms with van der Waals surface area (Å²) in [7, 11) is 0. The van der Waals surface area contributed by atoms with Crippen LogP contribution < -0.4 is 10.2 Å². The van der Waals surface area contributed by atoms with Crippen LogP contribution in [0.5, 0.6) is 0 Å². The number of nitrogens with one attached hydrogen (secondary N) is 1. The first kappa shape index (κ1) is 13.5. The van der Waals surface area contributed by atoms with Crippen molar-refractivity contribution in [3.8, 4) is 0 Å². The largest absolute Gasteiger partial charge is 0.371 e. The van der Waals surface area contributed by atoms with Gasteiger partial charge in [0, 0.05) is 30.9 Å². The van der Waals surface area contributed by atoms with Crippen molar-refractivity contribution < 1.29 is 14.5 Å². The smallest absolute Gasteiger partial charge is 0.269 e. The molecule has 1 aromatic carbocycles. The number of nitro groups is 1. The maximum atomic E-state index is 11.9. The molecule has 0 bridgehead atoms. The molecule has 3 rings (SSSR count). The first-order valence-electron chi connectivity index (χ1n) is 6.84. The topological polar surface area (TPSA) is 92.5 Å². The molecule has 2 saturated heterocycles. The number of hydrogen-bond acceptors (Lipinski definition) is 5. The first-order valence-corrected chi connectivity index (χ1v) is 6.84. The van der Waals surface area contributed by atoms with Crippen LogP contribution in [0.4, 0.5) is 11.4 Å². The van der Waals surface area contributed by atoms with E-state index >= 15 is 0 Å². The van der Waals surface area contributed by atoms with Gasteiger partial charge in [-0.1, -0.05) is 0 Å². The van der Waals surface area contributed by atoms with Gasteiger partial charge in [-0.25, -0.2) is 0 Å². The van der Waals surface area contributed by atoms with E-state index in [0.29, 0.717) is 25.9 Å². The number of non-ortho nitro benzene ring substituents is 1. The number of carbonyl (C=O) groups is 2. The van der Waals surface area contributed by atoms with E-state index in [2.05, 4.69) is 10.2 Å². The highest BCUT2D eigenvalue weighted by Gasteiger charge is 2.47. The fourth-order valence-electron chi connectivity index (χ4n) is 3.03. The molecular formula is C14H15N3O4. The zero-order valence-corrected chi connectivity index (χ0v) is 11.4. The molecule has 1 N–H and O–H groups in total. The minimum Gasteiger partial charge on any atom is -0.371 e. The Morgan fingerprint density at radius 2 is 1.76 bits per heavy atom. The minimum atomic E-state index is -0.686. The maximum Gasteiger partial charge on any atom is 0.269 e. The molecular weight excluding hydrogens is 274 g/mol. The monoisotopic (exact) mass is 289 g/mol. The molecule has 1 spiro atoms. The summed E-state index contributed by atoms with van der Waals surface area (Å²) in [5.41, 5.74) is 0.270. The van der Waals surface area contributed by atoms with E-state index in [4.69, 9.17) is 0 Å². The Morgan fingerprint density at radius 1 is 1.14 bits per heavy atom. The predicted octanol–water partition coefficient (Wildman–Crippen LogP) is 1.02. The molecule has 7 heteroatoms. The molecule has 0 aliphatic carbocycles. The second kappa shape index (κ2) is 4.83. The van der Waals surface area contributed by atoms with Gasteiger partial charge in [-0.2, -0.15) is 0 Å². The Hall–Kier alpha value is -2.44. The van der Waals surface area contributed by atoms with Gasteiger partial charge in [-0.05, 0) is 25.0 Å². The number of anilines is 1. The van der Waals surface area contributed by atoms with Gasteiger partial charge in [-0.3, -0.25) is 19.7 Å². The zero-order chi connectivity index (χ0) is 15.0. The number of carbonyl (C=O) groups excluding carboxylic acids is 2. The summed E-state index contributed by atoms with van der Waals surface area (Å²) < 4.78 is 0. The number of hydrogen-bond donors (Lipinski definition) is 1. The van der Waals surface area contributed by atoms with Crippen molar-refractivity contribution in [2.75, 3.05) is 18.0 Å². The average Bonchev–Trinajstić information content (AvgIpc) is 2.74. The molecule has 2 aliphatic heterocycles. The van der Waals surface area contributed by atoms with Crippen molar-refractivity contribution in [3.63, 3.8) is 0 Å². The van der Waals surface area contributed by atoms with E-state index in [1.54, 1.807) is 12.1 Å². The summed E-state index contributed by atoms with van der Waals surface area (Å²) in [6, 6.07) is 6.38. The van der Waals surface area contributed by atoms with Crippen LogP contribution in [0.25, 0.3) is 0 Å². The number of nitrogens with zero attached hydrogens (tertiary/aromatic N) is 2. The first-order chi connectivity index (χ1) is 10.00. The molecule has 0 saturated carbocycles. The molecule has 0 atom stereocenters. The summed E-state index contributed by atoms with van der Waals surface area (Å²) in [6.45, 7) is 1.29. The minimum absolute atomic E-state index is 0.0163. The number of rotatable bonds is 2. The van der Waals surface area contributed by atoms with E-state index in [0.717, 1.165) is 5.69 Å². The van der Waals surface area contributed by atoms with Crippen LogP contribution in [-0.2, 0) is 9.59 Å². The number of ketones is 1. The van der Waals surface area contributed by atoms with Gasteiger partial charge in [0.15, 0.2) is 5.78 Å². The number of piperidine rings is 1. The van der Waals surface area contributed by atoms with E-state index < -0.39 is 10.5 Å². The molecule has 110 valence electrons. The lowest BCUT2D eigenvalue weighted by Crippen LogP contribution is -2.54. The predicted molar refractivity (Wildman–Crippen MR) is 75.0 cm³/mol. The van der Waals surface area contributed by atoms with E-state index in [1.165, 1.54) is 12.1 Å². The number of Topliss-reactive ketones (excluding diaryl/α,β-unsaturated/α-hetero) is 1. The molecule has 0 aromatic heterocycles. The Kier molecular flexibility index (Phi) is 3.12. The molecule has 1 amide bonds. The Morgan fingerprint density at radius 3 is 2.24 bits per heavy atom. The Balaban J connectivity index is 1.70. The van der Waals surface area contributed by atoms with Crippen LogP contribution in [0.2, 0.25) is 0 Å². The molecule has 21 heavy (non-hydrogen) atoms. The van der Waals surface area contributed by atoms with Gasteiger partial charge in [-0.15, -0.1) is 0 Å². The normalized spacial score (nSPS) is 20.7. The molecule has 1 aromatic rings. The lowest BCUT2D eigenvalue weighted by molar-refractivity contribution is -0.384. The van der Waals surface area contributed by atoms with Crippen LogP contribution in [0.15, 0.2) is 24.3 Å². The molecule has 0 unspecified atom stereocenters. The van der Waals surface area contributed by atoms with Gasteiger partial charge in [0.05, 0.1) is 11.3 Å². The third-order valence-electron chi connectivity index (χ3n) is 4.28. The molecule has 2 aliphatic rings. The lowest BCUT2D eigenvalue weighted by atomic mass is 9.85. The highest BCUT2D eigenvalue weighted by Crippen LogP contribution is 2.31. The average molecular weight is 289 g/mol. The van der Waals surface area contributed by atoms with Crippen molar-refractivity contribution in [2.45, 2.75) is 24.8 Å². The molecule has 2 heterocycles. The Labute approximate surface area is 121 Å². The summed E-state index contributed by atoms with van der Waals surface area (Å²) in [4.78, 5) is 35.6. The van der Waals surface area contributed by atoms with Gasteiger partial charge in [0.2, 0.25) is 5.91 Å². The molecule has 7 nitrogen and oxygen atoms in total. The Bertz CT molecular complexity index is 603. The van der Waals surface area contributed by atoms with Gasteiger partial charge >= 0.3 is 0 Å². The second-order valence-electron chi connectivity index (χ2n) is 5.49. The third-order valence-corrected chi connectivity index (χ3v) is 4.28. The van der Waals surface area contributed by atoms with Crippen molar-refractivity contribution >= 4 is 23.1 Å².